The molecule has 0 spiro atoms. The molecule has 0 fully saturated rings. The molecule has 0 saturated carbocycles. The standard InChI is InChI=1S/C11H24N/c1-6-8-10-11(3,9-7-2)12(4)5/h3,6-10H2,1-2,4-5H3. The third-order valence-corrected chi connectivity index (χ3v) is 2.66. The highest BCUT2D eigenvalue weighted by molar-refractivity contribution is 4.89. The van der Waals surface area contributed by atoms with Crippen molar-refractivity contribution in [2.75, 3.05) is 14.1 Å². The lowest BCUT2D eigenvalue weighted by Crippen LogP contribution is -2.41. The Balaban J connectivity index is 3.99. The van der Waals surface area contributed by atoms with Crippen LogP contribution in [0.4, 0.5) is 0 Å². The van der Waals surface area contributed by atoms with Crippen molar-refractivity contribution in [3.05, 3.63) is 6.92 Å². The topological polar surface area (TPSA) is 3.24 Å². The van der Waals surface area contributed by atoms with Crippen LogP contribution < -0.4 is 0 Å². The zero-order valence-electron chi connectivity index (χ0n) is 9.19. The summed E-state index contributed by atoms with van der Waals surface area (Å²) < 4.78 is 0. The van der Waals surface area contributed by atoms with Crippen LogP contribution in [0.2, 0.25) is 0 Å². The molecule has 0 bridgehead atoms. The molecule has 0 aromatic heterocycles. The largest absolute Gasteiger partial charge is 0.304 e. The van der Waals surface area contributed by atoms with Crippen LogP contribution in [0.1, 0.15) is 46.0 Å². The fourth-order valence-corrected chi connectivity index (χ4v) is 1.54. The smallest absolute Gasteiger partial charge is 0.0204 e. The maximum absolute atomic E-state index is 4.32. The lowest BCUT2D eigenvalue weighted by Gasteiger charge is -2.36. The molecular weight excluding hydrogens is 146 g/mol. The number of hydrogen-bond donors (Lipinski definition) is 0. The summed E-state index contributed by atoms with van der Waals surface area (Å²) in [6.07, 6.45) is 6.23. The van der Waals surface area contributed by atoms with Crippen molar-refractivity contribution >= 4 is 0 Å². The zero-order valence-corrected chi connectivity index (χ0v) is 9.19. The summed E-state index contributed by atoms with van der Waals surface area (Å²) in [4.78, 5) is 2.27. The molecule has 0 N–H and O–H groups in total. The van der Waals surface area contributed by atoms with Crippen LogP contribution in [0, 0.1) is 6.92 Å². The van der Waals surface area contributed by atoms with Gasteiger partial charge in [0.2, 0.25) is 0 Å². The van der Waals surface area contributed by atoms with Crippen LogP contribution in [-0.4, -0.2) is 24.5 Å². The Morgan fingerprint density at radius 3 is 2.00 bits per heavy atom. The Bertz CT molecular complexity index is 110. The molecule has 0 aliphatic carbocycles. The molecule has 1 unspecified atom stereocenters. The summed E-state index contributed by atoms with van der Waals surface area (Å²) in [5, 5.41) is 0. The van der Waals surface area contributed by atoms with E-state index in [1.165, 1.54) is 32.1 Å². The van der Waals surface area contributed by atoms with Gasteiger partial charge in [-0.15, -0.1) is 0 Å². The van der Waals surface area contributed by atoms with Gasteiger partial charge in [-0.2, -0.15) is 0 Å². The first-order valence-corrected chi connectivity index (χ1v) is 5.09. The van der Waals surface area contributed by atoms with Crippen LogP contribution in [-0.2, 0) is 0 Å². The molecule has 0 aromatic carbocycles. The fraction of sp³-hybridized carbons (Fsp3) is 0.909. The van der Waals surface area contributed by atoms with Gasteiger partial charge in [0.05, 0.1) is 0 Å². The fourth-order valence-electron chi connectivity index (χ4n) is 1.54. The van der Waals surface area contributed by atoms with E-state index in [4.69, 9.17) is 0 Å². The minimum atomic E-state index is 0.185. The summed E-state index contributed by atoms with van der Waals surface area (Å²) in [7, 11) is 4.27. The van der Waals surface area contributed by atoms with E-state index in [1.54, 1.807) is 0 Å². The second kappa shape index (κ2) is 5.58. The Morgan fingerprint density at radius 1 is 1.08 bits per heavy atom. The molecular formula is C11H24N. The maximum Gasteiger partial charge on any atom is 0.0204 e. The van der Waals surface area contributed by atoms with Crippen molar-refractivity contribution in [2.24, 2.45) is 0 Å². The third-order valence-electron chi connectivity index (χ3n) is 2.66. The second-order valence-corrected chi connectivity index (χ2v) is 3.97. The van der Waals surface area contributed by atoms with Crippen molar-refractivity contribution in [3.8, 4) is 0 Å². The van der Waals surface area contributed by atoms with Gasteiger partial charge in [-0.3, -0.25) is 0 Å². The number of unbranched alkanes of at least 4 members (excludes halogenated alkanes) is 1. The molecule has 0 saturated heterocycles. The maximum atomic E-state index is 4.32. The first-order chi connectivity index (χ1) is 5.56. The average molecular weight is 170 g/mol. The summed E-state index contributed by atoms with van der Waals surface area (Å²) in [6, 6.07) is 0. The molecule has 73 valence electrons. The van der Waals surface area contributed by atoms with E-state index in [0.717, 1.165) is 0 Å². The summed E-state index contributed by atoms with van der Waals surface area (Å²) in [6.45, 7) is 8.79. The predicted molar refractivity (Wildman–Crippen MR) is 56.2 cm³/mol. The van der Waals surface area contributed by atoms with E-state index in [9.17, 15) is 0 Å². The van der Waals surface area contributed by atoms with Crippen molar-refractivity contribution in [2.45, 2.75) is 51.5 Å². The van der Waals surface area contributed by atoms with E-state index in [1.807, 2.05) is 0 Å². The Hall–Kier alpha value is -0.0400. The van der Waals surface area contributed by atoms with Gasteiger partial charge in [0.15, 0.2) is 0 Å². The van der Waals surface area contributed by atoms with E-state index in [0.29, 0.717) is 0 Å². The highest BCUT2D eigenvalue weighted by Crippen LogP contribution is 2.24. The van der Waals surface area contributed by atoms with Gasteiger partial charge in [0.25, 0.3) is 0 Å². The van der Waals surface area contributed by atoms with Gasteiger partial charge < -0.3 is 4.90 Å². The normalized spacial score (nSPS) is 16.5. The minimum Gasteiger partial charge on any atom is -0.304 e. The van der Waals surface area contributed by atoms with E-state index in [2.05, 4.69) is 39.8 Å². The molecule has 1 heteroatoms. The van der Waals surface area contributed by atoms with Crippen LogP contribution in [0.3, 0.4) is 0 Å². The second-order valence-electron chi connectivity index (χ2n) is 3.97. The van der Waals surface area contributed by atoms with Crippen molar-refractivity contribution in [1.29, 1.82) is 0 Å². The van der Waals surface area contributed by atoms with Gasteiger partial charge in [-0.25, -0.2) is 0 Å². The summed E-state index contributed by atoms with van der Waals surface area (Å²) >= 11 is 0. The molecule has 0 rings (SSSR count). The van der Waals surface area contributed by atoms with Gasteiger partial charge >= 0.3 is 0 Å². The summed E-state index contributed by atoms with van der Waals surface area (Å²) in [5.74, 6) is 0. The number of nitrogens with zero attached hydrogens (tertiary/aromatic N) is 1. The lowest BCUT2D eigenvalue weighted by molar-refractivity contribution is 0.172. The predicted octanol–water partition coefficient (Wildman–Crippen LogP) is 3.11. The SMILES string of the molecule is [CH2]C(CCC)(CCCC)N(C)C. The first-order valence-electron chi connectivity index (χ1n) is 5.09. The molecule has 0 aliphatic rings. The third kappa shape index (κ3) is 3.57. The van der Waals surface area contributed by atoms with Gasteiger partial charge in [0.1, 0.15) is 0 Å². The van der Waals surface area contributed by atoms with Gasteiger partial charge in [-0.1, -0.05) is 33.1 Å². The first kappa shape index (κ1) is 12.0. The molecule has 0 aliphatic heterocycles. The minimum absolute atomic E-state index is 0.185. The van der Waals surface area contributed by atoms with Crippen LogP contribution in [0.15, 0.2) is 0 Å². The Morgan fingerprint density at radius 2 is 1.67 bits per heavy atom. The molecule has 1 atom stereocenters. The molecule has 1 nitrogen and oxygen atoms in total. The average Bonchev–Trinajstić information content (AvgIpc) is 2.01. The quantitative estimate of drug-likeness (QED) is 0.592. The Kier molecular flexibility index (Phi) is 5.56. The lowest BCUT2D eigenvalue weighted by atomic mass is 9.89. The van der Waals surface area contributed by atoms with E-state index in [-0.39, 0.29) is 5.54 Å². The van der Waals surface area contributed by atoms with E-state index < -0.39 is 0 Å². The van der Waals surface area contributed by atoms with Crippen LogP contribution in [0.5, 0.6) is 0 Å². The zero-order chi connectivity index (χ0) is 9.61. The Labute approximate surface area is 78.1 Å². The molecule has 12 heavy (non-hydrogen) atoms. The molecule has 0 heterocycles. The highest BCUT2D eigenvalue weighted by atomic mass is 15.1. The van der Waals surface area contributed by atoms with Crippen molar-refractivity contribution in [3.63, 3.8) is 0 Å². The van der Waals surface area contributed by atoms with Gasteiger partial charge in [-0.05, 0) is 33.9 Å². The van der Waals surface area contributed by atoms with Crippen LogP contribution in [0.25, 0.3) is 0 Å². The molecule has 0 amide bonds. The number of hydrogen-bond acceptors (Lipinski definition) is 1. The van der Waals surface area contributed by atoms with Crippen LogP contribution >= 0.6 is 0 Å². The van der Waals surface area contributed by atoms with E-state index >= 15 is 0 Å². The van der Waals surface area contributed by atoms with Gasteiger partial charge in [0, 0.05) is 5.54 Å². The highest BCUT2D eigenvalue weighted by Gasteiger charge is 2.24. The molecule has 1 radical (unpaired) electrons. The monoisotopic (exact) mass is 170 g/mol. The van der Waals surface area contributed by atoms with Crippen molar-refractivity contribution < 1.29 is 0 Å². The number of rotatable bonds is 6. The van der Waals surface area contributed by atoms with Crippen molar-refractivity contribution in [1.82, 2.24) is 4.90 Å². The molecule has 0 aromatic rings. The summed E-state index contributed by atoms with van der Waals surface area (Å²) in [5.41, 5.74) is 0.185.